The number of likely N-dealkylation sites (tertiary alicyclic amines) is 1. The average Bonchev–Trinajstić information content (AvgIpc) is 3.11. The van der Waals surface area contributed by atoms with E-state index in [1.165, 1.54) is 19.1 Å². The van der Waals surface area contributed by atoms with Crippen molar-refractivity contribution < 1.29 is 57.9 Å². The van der Waals surface area contributed by atoms with Crippen LogP contribution in [0.3, 0.4) is 0 Å². The van der Waals surface area contributed by atoms with Crippen LogP contribution in [0.4, 0.5) is 5.69 Å². The molecule has 0 radical (unpaired) electrons. The summed E-state index contributed by atoms with van der Waals surface area (Å²) < 4.78 is 27.7. The van der Waals surface area contributed by atoms with Gasteiger partial charge in [0.1, 0.15) is 18.8 Å². The van der Waals surface area contributed by atoms with Gasteiger partial charge in [0.2, 0.25) is 11.8 Å². The summed E-state index contributed by atoms with van der Waals surface area (Å²) in [5, 5.41) is 21.1. The zero-order chi connectivity index (χ0) is 37.6. The zero-order valence-electron chi connectivity index (χ0n) is 29.6. The van der Waals surface area contributed by atoms with Crippen molar-refractivity contribution in [2.24, 2.45) is 5.41 Å². The van der Waals surface area contributed by atoms with E-state index in [-0.39, 0.29) is 25.7 Å². The number of hydrogen-bond acceptors (Lipinski definition) is 11. The van der Waals surface area contributed by atoms with Crippen molar-refractivity contribution in [3.63, 3.8) is 0 Å². The van der Waals surface area contributed by atoms with Gasteiger partial charge in [-0.1, -0.05) is 38.6 Å². The summed E-state index contributed by atoms with van der Waals surface area (Å²) in [7, 11) is 3.07. The quantitative estimate of drug-likeness (QED) is 0.141. The van der Waals surface area contributed by atoms with Crippen molar-refractivity contribution in [1.82, 2.24) is 4.90 Å². The number of hydrogen-bond donors (Lipinski definition) is 3. The maximum atomic E-state index is 13.8. The highest BCUT2D eigenvalue weighted by Crippen LogP contribution is 2.32. The maximum Gasteiger partial charge on any atom is 0.333 e. The lowest BCUT2D eigenvalue weighted by molar-refractivity contribution is -0.163. The molecule has 3 atom stereocenters. The second-order valence-corrected chi connectivity index (χ2v) is 13.0. The number of nitrogens with zero attached hydrogens (tertiary/aromatic N) is 1. The Morgan fingerprint density at radius 3 is 2.47 bits per heavy atom. The van der Waals surface area contributed by atoms with Gasteiger partial charge in [-0.3, -0.25) is 9.59 Å². The highest BCUT2D eigenvalue weighted by molar-refractivity contribution is 5.93. The SMILES string of the molecule is C=CC(=O)OCC(C)(C)COCC(=O)N1CCCC[C@H]1C(=O)O[C@H](CCc1ccc(OC)c(OC)c1)c1cccc(NC(=O)C[C@H](O)C(=O)O)c1. The van der Waals surface area contributed by atoms with Gasteiger partial charge in [-0.05, 0) is 67.5 Å². The number of carboxylic acid groups (broad SMARTS) is 1. The largest absolute Gasteiger partial charge is 0.493 e. The standard InChI is InChI=1S/C37H48N2O12/c1-6-34(43)50-23-37(2,3)22-49-21-33(42)39-17-8-7-12-27(39)36(46)51-29(15-13-24-14-16-30(47-4)31(18-24)48-5)25-10-9-11-26(19-25)38-32(41)20-28(40)35(44)45/h6,9-11,14,16,18-19,27-29,40H,1,7-8,12-13,15,17,20-23H2,2-5H3,(H,38,41)(H,44,45)/t27-,28-,29+/m0/s1. The molecule has 0 saturated carbocycles. The lowest BCUT2D eigenvalue weighted by Gasteiger charge is -2.35. The molecule has 3 rings (SSSR count). The molecule has 0 spiro atoms. The van der Waals surface area contributed by atoms with E-state index in [0.29, 0.717) is 61.4 Å². The Labute approximate surface area is 297 Å². The molecular weight excluding hydrogens is 664 g/mol. The van der Waals surface area contributed by atoms with Crippen molar-refractivity contribution in [3.8, 4) is 11.5 Å². The first-order valence-corrected chi connectivity index (χ1v) is 16.7. The van der Waals surface area contributed by atoms with Gasteiger partial charge in [-0.15, -0.1) is 0 Å². The molecule has 0 bridgehead atoms. The summed E-state index contributed by atoms with van der Waals surface area (Å²) in [4.78, 5) is 63.5. The molecule has 278 valence electrons. The summed E-state index contributed by atoms with van der Waals surface area (Å²) in [5.74, 6) is -2.63. The number of methoxy groups -OCH3 is 2. The molecule has 2 aromatic rings. The third kappa shape index (κ3) is 12.7. The van der Waals surface area contributed by atoms with Gasteiger partial charge in [0.25, 0.3) is 0 Å². The molecule has 1 aliphatic rings. The van der Waals surface area contributed by atoms with Gasteiger partial charge in [0.05, 0.1) is 33.9 Å². The van der Waals surface area contributed by atoms with Crippen LogP contribution in [0.2, 0.25) is 0 Å². The number of rotatable bonds is 19. The smallest absolute Gasteiger partial charge is 0.333 e. The number of aliphatic carboxylic acids is 1. The molecule has 3 N–H and O–H groups in total. The van der Waals surface area contributed by atoms with Crippen molar-refractivity contribution in [1.29, 1.82) is 0 Å². The molecule has 0 aromatic heterocycles. The van der Waals surface area contributed by atoms with E-state index < -0.39 is 53.9 Å². The van der Waals surface area contributed by atoms with Crippen LogP contribution in [-0.2, 0) is 44.6 Å². The van der Waals surface area contributed by atoms with Crippen LogP contribution in [0.5, 0.6) is 11.5 Å². The van der Waals surface area contributed by atoms with Crippen LogP contribution in [-0.4, -0.2) is 97.6 Å². The molecular formula is C37H48N2O12. The van der Waals surface area contributed by atoms with Crippen molar-refractivity contribution in [2.75, 3.05) is 45.9 Å². The molecule has 0 unspecified atom stereocenters. The molecule has 14 nitrogen and oxygen atoms in total. The number of esters is 2. The number of carbonyl (C=O) groups excluding carboxylic acids is 4. The van der Waals surface area contributed by atoms with Crippen LogP contribution in [0.15, 0.2) is 55.1 Å². The second kappa shape index (κ2) is 19.4. The highest BCUT2D eigenvalue weighted by atomic mass is 16.5. The Hall–Kier alpha value is -4.95. The minimum Gasteiger partial charge on any atom is -0.493 e. The fraction of sp³-hybridized carbons (Fsp3) is 0.486. The zero-order valence-corrected chi connectivity index (χ0v) is 29.6. The number of carboxylic acids is 1. The molecule has 1 aliphatic heterocycles. The first kappa shape index (κ1) is 40.5. The van der Waals surface area contributed by atoms with Gasteiger partial charge in [0.15, 0.2) is 17.6 Å². The third-order valence-electron chi connectivity index (χ3n) is 8.19. The van der Waals surface area contributed by atoms with Crippen LogP contribution >= 0.6 is 0 Å². The summed E-state index contributed by atoms with van der Waals surface area (Å²) >= 11 is 0. The number of nitrogens with one attached hydrogen (secondary N) is 1. The number of benzene rings is 2. The third-order valence-corrected chi connectivity index (χ3v) is 8.19. The van der Waals surface area contributed by atoms with Gasteiger partial charge in [-0.25, -0.2) is 14.4 Å². The van der Waals surface area contributed by atoms with Crippen LogP contribution in [0.25, 0.3) is 0 Å². The van der Waals surface area contributed by atoms with E-state index in [0.717, 1.165) is 11.6 Å². The topological polar surface area (TPSA) is 187 Å². The fourth-order valence-corrected chi connectivity index (χ4v) is 5.48. The van der Waals surface area contributed by atoms with Gasteiger partial charge in [0, 0.05) is 23.7 Å². The van der Waals surface area contributed by atoms with Crippen molar-refractivity contribution in [3.05, 3.63) is 66.2 Å². The minimum atomic E-state index is -1.86. The first-order chi connectivity index (χ1) is 24.3. The molecule has 2 aromatic carbocycles. The van der Waals surface area contributed by atoms with E-state index in [9.17, 15) is 29.1 Å². The molecule has 1 fully saturated rings. The van der Waals surface area contributed by atoms with Gasteiger partial charge < -0.3 is 44.1 Å². The second-order valence-electron chi connectivity index (χ2n) is 13.0. The number of aliphatic hydroxyl groups is 1. The van der Waals surface area contributed by atoms with E-state index in [1.807, 2.05) is 26.0 Å². The molecule has 1 heterocycles. The Balaban J connectivity index is 1.78. The van der Waals surface area contributed by atoms with Crippen LogP contribution in [0.1, 0.15) is 63.2 Å². The van der Waals surface area contributed by atoms with Crippen molar-refractivity contribution in [2.45, 2.75) is 70.6 Å². The summed E-state index contributed by atoms with van der Waals surface area (Å²) in [5.41, 5.74) is 1.19. The lowest BCUT2D eigenvalue weighted by Crippen LogP contribution is -2.50. The summed E-state index contributed by atoms with van der Waals surface area (Å²) in [6, 6.07) is 11.2. The van der Waals surface area contributed by atoms with E-state index in [1.54, 1.807) is 30.3 Å². The molecule has 2 amide bonds. The minimum absolute atomic E-state index is 0.0740. The summed E-state index contributed by atoms with van der Waals surface area (Å²) in [6.45, 7) is 7.32. The number of piperidine rings is 1. The Morgan fingerprint density at radius 2 is 1.78 bits per heavy atom. The number of amides is 2. The Bertz CT molecular complexity index is 1540. The van der Waals surface area contributed by atoms with E-state index in [4.69, 9.17) is 28.8 Å². The number of aryl methyl sites for hydroxylation is 1. The predicted molar refractivity (Wildman–Crippen MR) is 185 cm³/mol. The Morgan fingerprint density at radius 1 is 1.04 bits per heavy atom. The predicted octanol–water partition coefficient (Wildman–Crippen LogP) is 3.85. The maximum absolute atomic E-state index is 13.8. The van der Waals surface area contributed by atoms with Crippen LogP contribution < -0.4 is 14.8 Å². The fourth-order valence-electron chi connectivity index (χ4n) is 5.48. The molecule has 14 heteroatoms. The lowest BCUT2D eigenvalue weighted by atomic mass is 9.96. The van der Waals surface area contributed by atoms with E-state index >= 15 is 0 Å². The van der Waals surface area contributed by atoms with Crippen LogP contribution in [0, 0.1) is 5.41 Å². The number of anilines is 1. The first-order valence-electron chi connectivity index (χ1n) is 16.7. The highest BCUT2D eigenvalue weighted by Gasteiger charge is 2.35. The van der Waals surface area contributed by atoms with Gasteiger partial charge >= 0.3 is 17.9 Å². The number of carbonyl (C=O) groups is 5. The molecule has 0 aliphatic carbocycles. The number of aliphatic hydroxyl groups excluding tert-OH is 1. The Kier molecular flexibility index (Phi) is 15.4. The number of ether oxygens (including phenoxy) is 5. The monoisotopic (exact) mass is 712 g/mol. The van der Waals surface area contributed by atoms with Gasteiger partial charge in [-0.2, -0.15) is 0 Å². The average molecular weight is 713 g/mol. The summed E-state index contributed by atoms with van der Waals surface area (Å²) in [6.07, 6.45) is 0.369. The van der Waals surface area contributed by atoms with Crippen molar-refractivity contribution >= 4 is 35.4 Å². The van der Waals surface area contributed by atoms with E-state index in [2.05, 4.69) is 11.9 Å². The molecule has 1 saturated heterocycles. The normalized spacial score (nSPS) is 15.5. The molecule has 51 heavy (non-hydrogen) atoms.